The first-order valence-electron chi connectivity index (χ1n) is 5.19. The molecular weight excluding hydrogens is 192 g/mol. The lowest BCUT2D eigenvalue weighted by atomic mass is 10.4. The number of H-pyrrole nitrogens is 1. The zero-order valence-corrected chi connectivity index (χ0v) is 9.49. The van der Waals surface area contributed by atoms with Crippen molar-refractivity contribution < 1.29 is 4.74 Å². The molecule has 1 aromatic rings. The van der Waals surface area contributed by atoms with Gasteiger partial charge in [-0.3, -0.25) is 5.10 Å². The van der Waals surface area contributed by atoms with E-state index in [-0.39, 0.29) is 0 Å². The second-order valence-corrected chi connectivity index (χ2v) is 3.55. The fourth-order valence-corrected chi connectivity index (χ4v) is 1.24. The quantitative estimate of drug-likeness (QED) is 0.599. The fourth-order valence-electron chi connectivity index (χ4n) is 1.24. The molecule has 0 bridgehead atoms. The highest BCUT2D eigenvalue weighted by atomic mass is 16.5. The molecule has 1 heterocycles. The average Bonchev–Trinajstić information content (AvgIpc) is 2.74. The molecule has 1 aromatic heterocycles. The third-order valence-electron chi connectivity index (χ3n) is 2.22. The van der Waals surface area contributed by atoms with Gasteiger partial charge in [0, 0.05) is 45.2 Å². The van der Waals surface area contributed by atoms with Crippen molar-refractivity contribution in [3.8, 4) is 0 Å². The van der Waals surface area contributed by atoms with E-state index < -0.39 is 0 Å². The molecule has 1 rings (SSSR count). The molecular formula is C10H20N4O. The fraction of sp³-hybridized carbons (Fsp3) is 0.700. The molecule has 0 unspecified atom stereocenters. The molecule has 0 aliphatic heterocycles. The Kier molecular flexibility index (Phi) is 5.99. The van der Waals surface area contributed by atoms with Crippen LogP contribution in [0.5, 0.6) is 0 Å². The maximum Gasteiger partial charge on any atom is 0.0589 e. The maximum atomic E-state index is 5.00. The van der Waals surface area contributed by atoms with Crippen LogP contribution in [0.4, 0.5) is 0 Å². The molecule has 5 heteroatoms. The molecule has 0 spiro atoms. The molecule has 0 radical (unpaired) electrons. The van der Waals surface area contributed by atoms with Crippen LogP contribution in [0, 0.1) is 0 Å². The van der Waals surface area contributed by atoms with E-state index in [0.29, 0.717) is 0 Å². The molecule has 2 N–H and O–H groups in total. The molecule has 0 saturated carbocycles. The molecule has 0 atom stereocenters. The van der Waals surface area contributed by atoms with E-state index in [0.717, 1.165) is 38.5 Å². The zero-order valence-electron chi connectivity index (χ0n) is 9.49. The van der Waals surface area contributed by atoms with Gasteiger partial charge in [-0.1, -0.05) is 0 Å². The highest BCUT2D eigenvalue weighted by molar-refractivity contribution is 4.96. The Labute approximate surface area is 90.8 Å². The van der Waals surface area contributed by atoms with E-state index in [2.05, 4.69) is 27.5 Å². The van der Waals surface area contributed by atoms with E-state index in [1.165, 1.54) is 0 Å². The second kappa shape index (κ2) is 7.39. The van der Waals surface area contributed by atoms with Crippen LogP contribution in [0.25, 0.3) is 0 Å². The summed E-state index contributed by atoms with van der Waals surface area (Å²) in [6.07, 6.45) is 1.77. The van der Waals surface area contributed by atoms with Gasteiger partial charge in [0.25, 0.3) is 0 Å². The van der Waals surface area contributed by atoms with Crippen LogP contribution >= 0.6 is 0 Å². The van der Waals surface area contributed by atoms with Crippen molar-refractivity contribution in [1.29, 1.82) is 0 Å². The van der Waals surface area contributed by atoms with Crippen LogP contribution in [-0.4, -0.2) is 55.5 Å². The zero-order chi connectivity index (χ0) is 10.9. The summed E-state index contributed by atoms with van der Waals surface area (Å²) in [5.74, 6) is 0. The number of ether oxygens (including phenoxy) is 1. The SMILES string of the molecule is COCCN(C)CCNCc1ccn[nH]1. The number of rotatable bonds is 8. The number of aromatic nitrogens is 2. The number of hydrogen-bond acceptors (Lipinski definition) is 4. The Morgan fingerprint density at radius 3 is 3.07 bits per heavy atom. The molecule has 5 nitrogen and oxygen atoms in total. The summed E-state index contributed by atoms with van der Waals surface area (Å²) < 4.78 is 5.00. The van der Waals surface area contributed by atoms with Crippen molar-refractivity contribution in [1.82, 2.24) is 20.4 Å². The normalized spacial score (nSPS) is 11.1. The molecule has 0 aliphatic rings. The number of nitrogens with zero attached hydrogens (tertiary/aromatic N) is 2. The average molecular weight is 212 g/mol. The lowest BCUT2D eigenvalue weighted by molar-refractivity contribution is 0.161. The van der Waals surface area contributed by atoms with Gasteiger partial charge in [-0.15, -0.1) is 0 Å². The minimum absolute atomic E-state index is 0.789. The topological polar surface area (TPSA) is 53.2 Å². The van der Waals surface area contributed by atoms with Gasteiger partial charge >= 0.3 is 0 Å². The third kappa shape index (κ3) is 5.51. The highest BCUT2D eigenvalue weighted by Gasteiger charge is 1.97. The predicted octanol–water partition coefficient (Wildman–Crippen LogP) is 0.0775. The van der Waals surface area contributed by atoms with Gasteiger partial charge in [0.2, 0.25) is 0 Å². The van der Waals surface area contributed by atoms with Gasteiger partial charge in [-0.2, -0.15) is 5.10 Å². The summed E-state index contributed by atoms with van der Waals surface area (Å²) in [6.45, 7) is 4.61. The van der Waals surface area contributed by atoms with Gasteiger partial charge < -0.3 is 15.0 Å². The first-order valence-corrected chi connectivity index (χ1v) is 5.19. The van der Waals surface area contributed by atoms with Crippen LogP contribution in [0.2, 0.25) is 0 Å². The summed E-state index contributed by atoms with van der Waals surface area (Å²) in [7, 11) is 3.82. The minimum Gasteiger partial charge on any atom is -0.383 e. The lowest BCUT2D eigenvalue weighted by Crippen LogP contribution is -2.31. The largest absolute Gasteiger partial charge is 0.383 e. The maximum absolute atomic E-state index is 5.00. The molecule has 15 heavy (non-hydrogen) atoms. The van der Waals surface area contributed by atoms with Crippen molar-refractivity contribution in [3.63, 3.8) is 0 Å². The van der Waals surface area contributed by atoms with E-state index in [1.807, 2.05) is 6.07 Å². The molecule has 0 aromatic carbocycles. The molecule has 0 amide bonds. The number of likely N-dealkylation sites (N-methyl/N-ethyl adjacent to an activating group) is 1. The first-order chi connectivity index (χ1) is 7.33. The van der Waals surface area contributed by atoms with Crippen molar-refractivity contribution >= 4 is 0 Å². The second-order valence-electron chi connectivity index (χ2n) is 3.55. The van der Waals surface area contributed by atoms with Crippen LogP contribution in [0.1, 0.15) is 5.69 Å². The molecule has 0 saturated heterocycles. The number of nitrogens with one attached hydrogen (secondary N) is 2. The van der Waals surface area contributed by atoms with Crippen molar-refractivity contribution in [2.45, 2.75) is 6.54 Å². The third-order valence-corrected chi connectivity index (χ3v) is 2.22. The van der Waals surface area contributed by atoms with Gasteiger partial charge in [0.15, 0.2) is 0 Å². The van der Waals surface area contributed by atoms with Crippen LogP contribution < -0.4 is 5.32 Å². The van der Waals surface area contributed by atoms with Crippen molar-refractivity contribution in [2.75, 3.05) is 40.4 Å². The van der Waals surface area contributed by atoms with E-state index in [4.69, 9.17) is 4.74 Å². The van der Waals surface area contributed by atoms with E-state index in [9.17, 15) is 0 Å². The van der Waals surface area contributed by atoms with Gasteiger partial charge in [-0.25, -0.2) is 0 Å². The Morgan fingerprint density at radius 1 is 1.53 bits per heavy atom. The Hall–Kier alpha value is -0.910. The monoisotopic (exact) mass is 212 g/mol. The highest BCUT2D eigenvalue weighted by Crippen LogP contribution is 1.89. The van der Waals surface area contributed by atoms with E-state index in [1.54, 1.807) is 13.3 Å². The first kappa shape index (κ1) is 12.2. The van der Waals surface area contributed by atoms with Gasteiger partial charge in [-0.05, 0) is 13.1 Å². The number of aromatic amines is 1. The van der Waals surface area contributed by atoms with Crippen LogP contribution in [0.15, 0.2) is 12.3 Å². The summed E-state index contributed by atoms with van der Waals surface area (Å²) >= 11 is 0. The minimum atomic E-state index is 0.789. The number of hydrogen-bond donors (Lipinski definition) is 2. The molecule has 0 aliphatic carbocycles. The van der Waals surface area contributed by atoms with Crippen molar-refractivity contribution in [2.24, 2.45) is 0 Å². The standard InChI is InChI=1S/C10H20N4O/c1-14(7-8-15-2)6-5-11-9-10-3-4-12-13-10/h3-4,11H,5-9H2,1-2H3,(H,12,13). The van der Waals surface area contributed by atoms with Crippen molar-refractivity contribution in [3.05, 3.63) is 18.0 Å². The van der Waals surface area contributed by atoms with E-state index >= 15 is 0 Å². The number of methoxy groups -OCH3 is 1. The van der Waals surface area contributed by atoms with Crippen LogP contribution in [-0.2, 0) is 11.3 Å². The predicted molar refractivity (Wildman–Crippen MR) is 59.7 cm³/mol. The Balaban J connectivity index is 1.97. The summed E-state index contributed by atoms with van der Waals surface area (Å²) in [4.78, 5) is 2.24. The van der Waals surface area contributed by atoms with Crippen LogP contribution in [0.3, 0.4) is 0 Å². The molecule has 0 fully saturated rings. The Morgan fingerprint density at radius 2 is 2.40 bits per heavy atom. The summed E-state index contributed by atoms with van der Waals surface area (Å²) in [6, 6.07) is 1.97. The summed E-state index contributed by atoms with van der Waals surface area (Å²) in [5.41, 5.74) is 1.12. The van der Waals surface area contributed by atoms with Gasteiger partial charge in [0.05, 0.1) is 6.61 Å². The smallest absolute Gasteiger partial charge is 0.0589 e. The molecule has 86 valence electrons. The summed E-state index contributed by atoms with van der Waals surface area (Å²) in [5, 5.41) is 10.1. The Bertz CT molecular complexity index is 238. The lowest BCUT2D eigenvalue weighted by Gasteiger charge is -2.15. The van der Waals surface area contributed by atoms with Gasteiger partial charge in [0.1, 0.15) is 0 Å².